The smallest absolute Gasteiger partial charge is 0.189 e. The van der Waals surface area contributed by atoms with Gasteiger partial charge >= 0.3 is 0 Å². The SMILES string of the molecule is Cn1cccc1C(=O)CSc1ccccn1. The Labute approximate surface area is 98.5 Å². The Hall–Kier alpha value is -1.55. The first-order chi connectivity index (χ1) is 7.77. The summed E-state index contributed by atoms with van der Waals surface area (Å²) in [6.45, 7) is 0. The summed E-state index contributed by atoms with van der Waals surface area (Å²) >= 11 is 1.46. The second kappa shape index (κ2) is 4.99. The molecule has 0 atom stereocenters. The summed E-state index contributed by atoms with van der Waals surface area (Å²) in [5, 5.41) is 0.880. The number of hydrogen-bond donors (Lipinski definition) is 0. The number of carbonyl (C=O) groups is 1. The van der Waals surface area contributed by atoms with Crippen molar-refractivity contribution in [2.75, 3.05) is 5.75 Å². The molecule has 0 fully saturated rings. The quantitative estimate of drug-likeness (QED) is 0.599. The van der Waals surface area contributed by atoms with Crippen molar-refractivity contribution in [2.45, 2.75) is 5.03 Å². The lowest BCUT2D eigenvalue weighted by atomic mass is 10.3. The lowest BCUT2D eigenvalue weighted by Gasteiger charge is -2.02. The first-order valence-electron chi connectivity index (χ1n) is 4.96. The predicted octanol–water partition coefficient (Wildman–Crippen LogP) is 2.40. The number of thioether (sulfide) groups is 1. The summed E-state index contributed by atoms with van der Waals surface area (Å²) in [5.74, 6) is 0.553. The van der Waals surface area contributed by atoms with Crippen LogP contribution in [-0.2, 0) is 7.05 Å². The predicted molar refractivity (Wildman–Crippen MR) is 64.7 cm³/mol. The molecule has 16 heavy (non-hydrogen) atoms. The van der Waals surface area contributed by atoms with Gasteiger partial charge in [0.2, 0.25) is 0 Å². The van der Waals surface area contributed by atoms with Crippen molar-refractivity contribution in [3.8, 4) is 0 Å². The standard InChI is InChI=1S/C12H12N2OS/c1-14-8-4-5-10(14)11(15)9-16-12-6-2-3-7-13-12/h2-8H,9H2,1H3. The third-order valence-electron chi connectivity index (χ3n) is 2.22. The molecular weight excluding hydrogens is 220 g/mol. The van der Waals surface area contributed by atoms with E-state index in [2.05, 4.69) is 4.98 Å². The minimum absolute atomic E-state index is 0.128. The van der Waals surface area contributed by atoms with Crippen LogP contribution < -0.4 is 0 Å². The van der Waals surface area contributed by atoms with Gasteiger partial charge in [0.05, 0.1) is 16.5 Å². The van der Waals surface area contributed by atoms with Crippen LogP contribution in [0.2, 0.25) is 0 Å². The van der Waals surface area contributed by atoms with E-state index in [9.17, 15) is 4.79 Å². The maximum atomic E-state index is 11.8. The number of aryl methyl sites for hydroxylation is 1. The van der Waals surface area contributed by atoms with Gasteiger partial charge in [0, 0.05) is 19.4 Å². The Morgan fingerprint density at radius 2 is 2.25 bits per heavy atom. The van der Waals surface area contributed by atoms with Gasteiger partial charge in [0.25, 0.3) is 0 Å². The molecule has 2 heterocycles. The van der Waals surface area contributed by atoms with E-state index in [0.717, 1.165) is 10.7 Å². The van der Waals surface area contributed by atoms with E-state index in [-0.39, 0.29) is 5.78 Å². The van der Waals surface area contributed by atoms with Crippen molar-refractivity contribution in [1.82, 2.24) is 9.55 Å². The highest BCUT2D eigenvalue weighted by Crippen LogP contribution is 2.15. The molecule has 0 aromatic carbocycles. The molecule has 0 spiro atoms. The van der Waals surface area contributed by atoms with Gasteiger partial charge in [0.15, 0.2) is 5.78 Å². The van der Waals surface area contributed by atoms with E-state index in [0.29, 0.717) is 5.75 Å². The monoisotopic (exact) mass is 232 g/mol. The fourth-order valence-electron chi connectivity index (χ4n) is 1.40. The van der Waals surface area contributed by atoms with Crippen molar-refractivity contribution in [1.29, 1.82) is 0 Å². The average Bonchev–Trinajstić information content (AvgIpc) is 2.74. The summed E-state index contributed by atoms with van der Waals surface area (Å²) in [7, 11) is 1.87. The van der Waals surface area contributed by atoms with Crippen LogP contribution in [0.3, 0.4) is 0 Å². The highest BCUT2D eigenvalue weighted by molar-refractivity contribution is 7.99. The van der Waals surface area contributed by atoms with Crippen molar-refractivity contribution in [3.63, 3.8) is 0 Å². The molecule has 0 amide bonds. The minimum Gasteiger partial charge on any atom is -0.348 e. The molecule has 2 rings (SSSR count). The lowest BCUT2D eigenvalue weighted by Crippen LogP contribution is -2.07. The van der Waals surface area contributed by atoms with E-state index in [1.54, 1.807) is 6.20 Å². The van der Waals surface area contributed by atoms with Crippen LogP contribution in [0, 0.1) is 0 Å². The summed E-state index contributed by atoms with van der Waals surface area (Å²) in [6, 6.07) is 9.40. The van der Waals surface area contributed by atoms with Gasteiger partial charge < -0.3 is 4.57 Å². The first-order valence-corrected chi connectivity index (χ1v) is 5.94. The second-order valence-corrected chi connectivity index (χ2v) is 4.38. The molecule has 0 N–H and O–H groups in total. The fourth-order valence-corrected chi connectivity index (χ4v) is 2.13. The average molecular weight is 232 g/mol. The van der Waals surface area contributed by atoms with E-state index in [1.807, 2.05) is 48.1 Å². The number of Topliss-reactive ketones (excluding diaryl/α,β-unsaturated/α-hetero) is 1. The zero-order chi connectivity index (χ0) is 11.4. The minimum atomic E-state index is 0.128. The fraction of sp³-hybridized carbons (Fsp3) is 0.167. The Morgan fingerprint density at radius 1 is 1.38 bits per heavy atom. The largest absolute Gasteiger partial charge is 0.348 e. The van der Waals surface area contributed by atoms with Crippen LogP contribution in [0.5, 0.6) is 0 Å². The van der Waals surface area contributed by atoms with Gasteiger partial charge in [-0.3, -0.25) is 4.79 Å². The van der Waals surface area contributed by atoms with E-state index in [1.165, 1.54) is 11.8 Å². The van der Waals surface area contributed by atoms with Gasteiger partial charge in [-0.25, -0.2) is 4.98 Å². The molecular formula is C12H12N2OS. The van der Waals surface area contributed by atoms with Crippen molar-refractivity contribution >= 4 is 17.5 Å². The Balaban J connectivity index is 1.97. The summed E-state index contributed by atoms with van der Waals surface area (Å²) in [6.07, 6.45) is 3.61. The van der Waals surface area contributed by atoms with E-state index in [4.69, 9.17) is 0 Å². The van der Waals surface area contributed by atoms with E-state index < -0.39 is 0 Å². The van der Waals surface area contributed by atoms with Crippen molar-refractivity contribution in [2.24, 2.45) is 7.05 Å². The molecule has 2 aromatic rings. The van der Waals surface area contributed by atoms with Crippen LogP contribution in [0.4, 0.5) is 0 Å². The topological polar surface area (TPSA) is 34.9 Å². The summed E-state index contributed by atoms with van der Waals surface area (Å²) in [4.78, 5) is 16.0. The van der Waals surface area contributed by atoms with Crippen LogP contribution in [0.15, 0.2) is 47.8 Å². The van der Waals surface area contributed by atoms with Gasteiger partial charge in [-0.05, 0) is 24.3 Å². The molecule has 0 saturated heterocycles. The normalized spacial score (nSPS) is 10.3. The molecule has 0 saturated carbocycles. The highest BCUT2D eigenvalue weighted by Gasteiger charge is 2.09. The van der Waals surface area contributed by atoms with Crippen LogP contribution in [0.1, 0.15) is 10.5 Å². The van der Waals surface area contributed by atoms with E-state index >= 15 is 0 Å². The number of nitrogens with zero attached hydrogens (tertiary/aromatic N) is 2. The number of aromatic nitrogens is 2. The molecule has 0 aliphatic rings. The Morgan fingerprint density at radius 3 is 2.88 bits per heavy atom. The molecule has 4 heteroatoms. The molecule has 0 unspecified atom stereocenters. The third-order valence-corrected chi connectivity index (χ3v) is 3.16. The molecule has 0 radical (unpaired) electrons. The molecule has 0 aliphatic carbocycles. The molecule has 2 aromatic heterocycles. The van der Waals surface area contributed by atoms with Gasteiger partial charge in [-0.1, -0.05) is 17.8 Å². The number of pyridine rings is 1. The van der Waals surface area contributed by atoms with Crippen LogP contribution >= 0.6 is 11.8 Å². The van der Waals surface area contributed by atoms with Gasteiger partial charge in [-0.2, -0.15) is 0 Å². The Bertz CT molecular complexity index is 479. The zero-order valence-electron chi connectivity index (χ0n) is 8.96. The maximum Gasteiger partial charge on any atom is 0.189 e. The summed E-state index contributed by atoms with van der Waals surface area (Å²) in [5.41, 5.74) is 0.739. The number of rotatable bonds is 4. The van der Waals surface area contributed by atoms with Crippen LogP contribution in [0.25, 0.3) is 0 Å². The second-order valence-electron chi connectivity index (χ2n) is 3.38. The molecule has 0 bridgehead atoms. The number of carbonyl (C=O) groups excluding carboxylic acids is 1. The van der Waals surface area contributed by atoms with Crippen molar-refractivity contribution in [3.05, 3.63) is 48.4 Å². The number of ketones is 1. The molecule has 82 valence electrons. The number of hydrogen-bond acceptors (Lipinski definition) is 3. The first kappa shape index (κ1) is 11.0. The Kier molecular flexibility index (Phi) is 3.41. The molecule has 0 aliphatic heterocycles. The molecule has 3 nitrogen and oxygen atoms in total. The summed E-state index contributed by atoms with van der Waals surface area (Å²) < 4.78 is 1.83. The van der Waals surface area contributed by atoms with Crippen LogP contribution in [-0.4, -0.2) is 21.1 Å². The zero-order valence-corrected chi connectivity index (χ0v) is 9.78. The van der Waals surface area contributed by atoms with Gasteiger partial charge in [-0.15, -0.1) is 0 Å². The maximum absolute atomic E-state index is 11.8. The van der Waals surface area contributed by atoms with Crippen molar-refractivity contribution < 1.29 is 4.79 Å². The van der Waals surface area contributed by atoms with Gasteiger partial charge in [0.1, 0.15) is 0 Å². The third kappa shape index (κ3) is 2.52. The lowest BCUT2D eigenvalue weighted by molar-refractivity contribution is 0.101. The highest BCUT2D eigenvalue weighted by atomic mass is 32.2.